The molecule has 2 rings (SSSR count). The van der Waals surface area contributed by atoms with E-state index < -0.39 is 23.8 Å². The SMILES string of the molecule is COc1ccc(CNC(=O)[C@H](C)OC(=O)COc2ccc(F)cc2)cc1. The van der Waals surface area contributed by atoms with Crippen LogP contribution < -0.4 is 14.8 Å². The second-order valence-corrected chi connectivity index (χ2v) is 5.44. The van der Waals surface area contributed by atoms with E-state index >= 15 is 0 Å². The van der Waals surface area contributed by atoms with Crippen LogP contribution in [-0.4, -0.2) is 31.7 Å². The molecule has 0 aromatic heterocycles. The molecule has 0 fully saturated rings. The van der Waals surface area contributed by atoms with E-state index in [1.807, 2.05) is 12.1 Å². The Morgan fingerprint density at radius 1 is 1.04 bits per heavy atom. The molecule has 0 aliphatic carbocycles. The highest BCUT2D eigenvalue weighted by Crippen LogP contribution is 2.12. The number of carbonyl (C=O) groups is 2. The van der Waals surface area contributed by atoms with Crippen LogP contribution in [0, 0.1) is 5.82 Å². The van der Waals surface area contributed by atoms with E-state index in [1.165, 1.54) is 31.2 Å². The van der Waals surface area contributed by atoms with Gasteiger partial charge in [0.2, 0.25) is 0 Å². The van der Waals surface area contributed by atoms with Gasteiger partial charge in [-0.05, 0) is 48.9 Å². The lowest BCUT2D eigenvalue weighted by Crippen LogP contribution is -2.36. The second-order valence-electron chi connectivity index (χ2n) is 5.44. The number of benzene rings is 2. The number of methoxy groups -OCH3 is 1. The molecule has 26 heavy (non-hydrogen) atoms. The summed E-state index contributed by atoms with van der Waals surface area (Å²) in [6.45, 7) is 1.40. The van der Waals surface area contributed by atoms with Gasteiger partial charge in [-0.2, -0.15) is 0 Å². The topological polar surface area (TPSA) is 73.9 Å². The Labute approximate surface area is 150 Å². The van der Waals surface area contributed by atoms with Gasteiger partial charge in [-0.1, -0.05) is 12.1 Å². The summed E-state index contributed by atoms with van der Waals surface area (Å²) in [6.07, 6.45) is -0.961. The summed E-state index contributed by atoms with van der Waals surface area (Å²) >= 11 is 0. The predicted molar refractivity (Wildman–Crippen MR) is 92.3 cm³/mol. The molecule has 7 heteroatoms. The number of hydrogen-bond donors (Lipinski definition) is 1. The quantitative estimate of drug-likeness (QED) is 0.731. The zero-order chi connectivity index (χ0) is 18.9. The molecule has 0 aliphatic heterocycles. The fourth-order valence-electron chi connectivity index (χ4n) is 2.03. The molecule has 1 amide bonds. The van der Waals surface area contributed by atoms with Crippen molar-refractivity contribution in [2.75, 3.05) is 13.7 Å². The van der Waals surface area contributed by atoms with Gasteiger partial charge < -0.3 is 19.5 Å². The standard InChI is InChI=1S/C19H20FNO5/c1-13(19(23)21-11-14-3-7-16(24-2)8-4-14)26-18(22)12-25-17-9-5-15(20)6-10-17/h3-10,13H,11-12H2,1-2H3,(H,21,23)/t13-/m0/s1. The van der Waals surface area contributed by atoms with Crippen molar-refractivity contribution >= 4 is 11.9 Å². The minimum atomic E-state index is -0.961. The van der Waals surface area contributed by atoms with Gasteiger partial charge in [0.05, 0.1) is 7.11 Å². The Hall–Kier alpha value is -3.09. The highest BCUT2D eigenvalue weighted by Gasteiger charge is 2.17. The maximum absolute atomic E-state index is 12.8. The normalized spacial score (nSPS) is 11.3. The van der Waals surface area contributed by atoms with Crippen molar-refractivity contribution in [3.8, 4) is 11.5 Å². The molecule has 138 valence electrons. The zero-order valence-corrected chi connectivity index (χ0v) is 14.5. The van der Waals surface area contributed by atoms with Gasteiger partial charge in [0.1, 0.15) is 17.3 Å². The van der Waals surface area contributed by atoms with Crippen molar-refractivity contribution in [1.82, 2.24) is 5.32 Å². The maximum atomic E-state index is 12.8. The average Bonchev–Trinajstić information content (AvgIpc) is 2.66. The summed E-state index contributed by atoms with van der Waals surface area (Å²) in [5.41, 5.74) is 0.886. The van der Waals surface area contributed by atoms with Gasteiger partial charge in [-0.15, -0.1) is 0 Å². The number of esters is 1. The highest BCUT2D eigenvalue weighted by molar-refractivity contribution is 5.83. The summed E-state index contributed by atoms with van der Waals surface area (Å²) in [4.78, 5) is 23.7. The number of nitrogens with one attached hydrogen (secondary N) is 1. The highest BCUT2D eigenvalue weighted by atomic mass is 19.1. The molecule has 2 aromatic carbocycles. The number of carbonyl (C=O) groups excluding carboxylic acids is 2. The minimum Gasteiger partial charge on any atom is -0.497 e. The predicted octanol–water partition coefficient (Wildman–Crippen LogP) is 2.46. The Bertz CT molecular complexity index is 731. The number of halogens is 1. The Morgan fingerprint density at radius 3 is 2.27 bits per heavy atom. The molecule has 0 saturated heterocycles. The summed E-state index contributed by atoms with van der Waals surface area (Å²) in [7, 11) is 1.58. The van der Waals surface area contributed by atoms with E-state index in [2.05, 4.69) is 5.32 Å². The molecule has 1 atom stereocenters. The van der Waals surface area contributed by atoms with Crippen LogP contribution in [0.2, 0.25) is 0 Å². The average molecular weight is 361 g/mol. The van der Waals surface area contributed by atoms with Crippen LogP contribution in [0.3, 0.4) is 0 Å². The number of rotatable bonds is 8. The second kappa shape index (κ2) is 9.41. The minimum absolute atomic E-state index is 0.302. The van der Waals surface area contributed by atoms with Crippen molar-refractivity contribution < 1.29 is 28.2 Å². The van der Waals surface area contributed by atoms with Crippen molar-refractivity contribution in [2.24, 2.45) is 0 Å². The third kappa shape index (κ3) is 6.08. The molecule has 6 nitrogen and oxygen atoms in total. The van der Waals surface area contributed by atoms with Crippen LogP contribution in [0.25, 0.3) is 0 Å². The van der Waals surface area contributed by atoms with E-state index in [0.29, 0.717) is 12.3 Å². The summed E-state index contributed by atoms with van der Waals surface area (Å²) < 4.78 is 28.0. The summed E-state index contributed by atoms with van der Waals surface area (Å²) in [6, 6.07) is 12.5. The molecule has 0 bridgehead atoms. The van der Waals surface area contributed by atoms with Crippen LogP contribution in [0.15, 0.2) is 48.5 Å². The molecule has 0 radical (unpaired) electrons. The van der Waals surface area contributed by atoms with Crippen LogP contribution in [-0.2, 0) is 20.9 Å². The number of ether oxygens (including phenoxy) is 3. The molecular weight excluding hydrogens is 341 g/mol. The molecule has 0 heterocycles. The van der Waals surface area contributed by atoms with E-state index in [-0.39, 0.29) is 6.61 Å². The van der Waals surface area contributed by atoms with Crippen LogP contribution in [0.1, 0.15) is 12.5 Å². The van der Waals surface area contributed by atoms with Crippen molar-refractivity contribution in [3.05, 3.63) is 59.9 Å². The molecule has 0 unspecified atom stereocenters. The third-order valence-corrected chi connectivity index (χ3v) is 3.47. The molecular formula is C19H20FNO5. The van der Waals surface area contributed by atoms with Crippen molar-refractivity contribution in [3.63, 3.8) is 0 Å². The fraction of sp³-hybridized carbons (Fsp3) is 0.263. The van der Waals surface area contributed by atoms with Crippen LogP contribution >= 0.6 is 0 Å². The van der Waals surface area contributed by atoms with Gasteiger partial charge in [0.15, 0.2) is 12.7 Å². The van der Waals surface area contributed by atoms with Gasteiger partial charge in [-0.3, -0.25) is 4.79 Å². The Balaban J connectivity index is 1.72. The first-order chi connectivity index (χ1) is 12.5. The van der Waals surface area contributed by atoms with Gasteiger partial charge in [-0.25, -0.2) is 9.18 Å². The lowest BCUT2D eigenvalue weighted by atomic mass is 10.2. The molecule has 1 N–H and O–H groups in total. The summed E-state index contributed by atoms with van der Waals surface area (Å²) in [5, 5.41) is 2.68. The zero-order valence-electron chi connectivity index (χ0n) is 14.5. The first-order valence-electron chi connectivity index (χ1n) is 7.96. The van der Waals surface area contributed by atoms with E-state index in [1.54, 1.807) is 19.2 Å². The number of hydrogen-bond acceptors (Lipinski definition) is 5. The Morgan fingerprint density at radius 2 is 1.65 bits per heavy atom. The first kappa shape index (κ1) is 19.2. The lowest BCUT2D eigenvalue weighted by Gasteiger charge is -2.14. The van der Waals surface area contributed by atoms with Crippen LogP contribution in [0.5, 0.6) is 11.5 Å². The number of amides is 1. The van der Waals surface area contributed by atoms with Crippen molar-refractivity contribution in [1.29, 1.82) is 0 Å². The van der Waals surface area contributed by atoms with E-state index in [4.69, 9.17) is 14.2 Å². The fourth-order valence-corrected chi connectivity index (χ4v) is 2.03. The third-order valence-electron chi connectivity index (χ3n) is 3.47. The Kier molecular flexibility index (Phi) is 6.96. The molecule has 2 aromatic rings. The van der Waals surface area contributed by atoms with E-state index in [0.717, 1.165) is 11.3 Å². The van der Waals surface area contributed by atoms with E-state index in [9.17, 15) is 14.0 Å². The summed E-state index contributed by atoms with van der Waals surface area (Å²) in [5.74, 6) is -0.456. The maximum Gasteiger partial charge on any atom is 0.344 e. The largest absolute Gasteiger partial charge is 0.497 e. The first-order valence-corrected chi connectivity index (χ1v) is 7.96. The smallest absolute Gasteiger partial charge is 0.344 e. The molecule has 0 aliphatic rings. The lowest BCUT2D eigenvalue weighted by molar-refractivity contribution is -0.156. The molecule has 0 saturated carbocycles. The monoisotopic (exact) mass is 361 g/mol. The van der Waals surface area contributed by atoms with Gasteiger partial charge >= 0.3 is 5.97 Å². The molecule has 0 spiro atoms. The van der Waals surface area contributed by atoms with Crippen molar-refractivity contribution in [2.45, 2.75) is 19.6 Å². The van der Waals surface area contributed by atoms with Gasteiger partial charge in [0, 0.05) is 6.54 Å². The van der Waals surface area contributed by atoms with Gasteiger partial charge in [0.25, 0.3) is 5.91 Å². The van der Waals surface area contributed by atoms with Crippen LogP contribution in [0.4, 0.5) is 4.39 Å².